The Bertz CT molecular complexity index is 1330. The molecule has 0 radical (unpaired) electrons. The van der Waals surface area contributed by atoms with Gasteiger partial charge >= 0.3 is 0 Å². The first-order valence-electron chi connectivity index (χ1n) is 10.3. The van der Waals surface area contributed by atoms with Gasteiger partial charge in [0, 0.05) is 20.2 Å². The summed E-state index contributed by atoms with van der Waals surface area (Å²) in [6, 6.07) is 20.1. The third kappa shape index (κ3) is 6.55. The number of hydrogen-bond acceptors (Lipinski definition) is 5. The van der Waals surface area contributed by atoms with Crippen molar-refractivity contribution in [1.29, 1.82) is 0 Å². The number of halogens is 3. The van der Waals surface area contributed by atoms with Gasteiger partial charge in [0.2, 0.25) is 5.91 Å². The fraction of sp³-hybridized carbons (Fsp3) is 0.0800. The van der Waals surface area contributed by atoms with Gasteiger partial charge in [-0.05, 0) is 75.7 Å². The zero-order valence-electron chi connectivity index (χ0n) is 18.0. The van der Waals surface area contributed by atoms with Crippen LogP contribution < -0.4 is 10.1 Å². The number of imide groups is 1. The first-order chi connectivity index (χ1) is 16.8. The monoisotopic (exact) mass is 634 g/mol. The van der Waals surface area contributed by atoms with E-state index in [0.29, 0.717) is 33.1 Å². The molecule has 0 atom stereocenters. The van der Waals surface area contributed by atoms with Crippen molar-refractivity contribution in [2.75, 3.05) is 11.9 Å². The lowest BCUT2D eigenvalue weighted by Gasteiger charge is -2.13. The molecule has 3 aromatic rings. The van der Waals surface area contributed by atoms with Gasteiger partial charge in [0.05, 0.1) is 9.93 Å². The molecule has 0 aliphatic carbocycles. The summed E-state index contributed by atoms with van der Waals surface area (Å²) in [5.41, 5.74) is 2.09. The molecule has 1 aliphatic heterocycles. The van der Waals surface area contributed by atoms with Crippen molar-refractivity contribution in [2.45, 2.75) is 6.61 Å². The SMILES string of the molecule is O=C(CN1C(=O)S/C(=C\c2cc(Br)ccc2OCc2ccccc2)C1=O)Nc1ccc(Br)c(Cl)c1. The van der Waals surface area contributed by atoms with Gasteiger partial charge < -0.3 is 10.1 Å². The van der Waals surface area contributed by atoms with Crippen LogP contribution in [0.3, 0.4) is 0 Å². The molecule has 1 aliphatic rings. The number of amides is 3. The number of nitrogens with zero attached hydrogens (tertiary/aromatic N) is 1. The number of benzene rings is 3. The summed E-state index contributed by atoms with van der Waals surface area (Å²) in [6.07, 6.45) is 1.60. The van der Waals surface area contributed by atoms with Gasteiger partial charge in [-0.2, -0.15) is 0 Å². The van der Waals surface area contributed by atoms with Crippen molar-refractivity contribution in [1.82, 2.24) is 4.90 Å². The van der Waals surface area contributed by atoms with E-state index in [4.69, 9.17) is 16.3 Å². The minimum Gasteiger partial charge on any atom is -0.488 e. The summed E-state index contributed by atoms with van der Waals surface area (Å²) in [5, 5.41) is 2.55. The van der Waals surface area contributed by atoms with Crippen LogP contribution in [0.15, 0.2) is 80.6 Å². The van der Waals surface area contributed by atoms with Crippen LogP contribution in [-0.4, -0.2) is 28.5 Å². The van der Waals surface area contributed by atoms with E-state index in [1.807, 2.05) is 36.4 Å². The molecule has 178 valence electrons. The Morgan fingerprint density at radius 2 is 1.83 bits per heavy atom. The molecule has 6 nitrogen and oxygen atoms in total. The van der Waals surface area contributed by atoms with Gasteiger partial charge in [0.1, 0.15) is 18.9 Å². The van der Waals surface area contributed by atoms with Crippen molar-refractivity contribution >= 4 is 84.0 Å². The summed E-state index contributed by atoms with van der Waals surface area (Å²) in [5.74, 6) is -0.493. The minimum absolute atomic E-state index is 0.206. The molecular formula is C25H17Br2ClN2O4S. The van der Waals surface area contributed by atoms with Gasteiger partial charge in [-0.3, -0.25) is 19.3 Å². The average Bonchev–Trinajstić information content (AvgIpc) is 3.09. The normalized spacial score (nSPS) is 14.5. The molecule has 3 aromatic carbocycles. The van der Waals surface area contributed by atoms with Crippen LogP contribution in [0.1, 0.15) is 11.1 Å². The fourth-order valence-corrected chi connectivity index (χ4v) is 4.83. The molecule has 3 amide bonds. The Morgan fingerprint density at radius 1 is 1.06 bits per heavy atom. The van der Waals surface area contributed by atoms with E-state index in [-0.39, 0.29) is 4.91 Å². The topological polar surface area (TPSA) is 75.7 Å². The second kappa shape index (κ2) is 11.4. The second-order valence-electron chi connectivity index (χ2n) is 7.40. The van der Waals surface area contributed by atoms with E-state index in [0.717, 1.165) is 26.7 Å². The molecule has 1 N–H and O–H groups in total. The smallest absolute Gasteiger partial charge is 0.294 e. The third-order valence-electron chi connectivity index (χ3n) is 4.87. The number of anilines is 1. The maximum absolute atomic E-state index is 12.9. The van der Waals surface area contributed by atoms with Gasteiger partial charge in [0.15, 0.2) is 0 Å². The molecule has 0 bridgehead atoms. The van der Waals surface area contributed by atoms with Gasteiger partial charge in [-0.1, -0.05) is 57.9 Å². The molecule has 10 heteroatoms. The maximum atomic E-state index is 12.9. The van der Waals surface area contributed by atoms with Crippen LogP contribution in [-0.2, 0) is 16.2 Å². The molecular weight excluding hydrogens is 620 g/mol. The first-order valence-corrected chi connectivity index (χ1v) is 13.0. The van der Waals surface area contributed by atoms with E-state index in [2.05, 4.69) is 37.2 Å². The van der Waals surface area contributed by atoms with Crippen LogP contribution in [0.25, 0.3) is 6.08 Å². The molecule has 1 fully saturated rings. The largest absolute Gasteiger partial charge is 0.488 e. The quantitative estimate of drug-likeness (QED) is 0.280. The Labute approximate surface area is 227 Å². The van der Waals surface area contributed by atoms with Crippen LogP contribution >= 0.6 is 55.2 Å². The van der Waals surface area contributed by atoms with E-state index in [1.165, 1.54) is 0 Å². The van der Waals surface area contributed by atoms with Crippen molar-refractivity contribution in [3.05, 3.63) is 96.7 Å². The molecule has 35 heavy (non-hydrogen) atoms. The van der Waals surface area contributed by atoms with Crippen molar-refractivity contribution in [2.24, 2.45) is 0 Å². The summed E-state index contributed by atoms with van der Waals surface area (Å²) in [4.78, 5) is 39.0. The van der Waals surface area contributed by atoms with Crippen LogP contribution in [0.2, 0.25) is 5.02 Å². The fourth-order valence-electron chi connectivity index (χ4n) is 3.19. The summed E-state index contributed by atoms with van der Waals surface area (Å²) in [7, 11) is 0. The Balaban J connectivity index is 1.47. The highest BCUT2D eigenvalue weighted by atomic mass is 79.9. The zero-order valence-corrected chi connectivity index (χ0v) is 22.7. The van der Waals surface area contributed by atoms with E-state index in [9.17, 15) is 14.4 Å². The lowest BCUT2D eigenvalue weighted by Crippen LogP contribution is -2.36. The molecule has 0 aromatic heterocycles. The average molecular weight is 637 g/mol. The van der Waals surface area contributed by atoms with Crippen LogP contribution in [0.4, 0.5) is 10.5 Å². The molecule has 1 heterocycles. The van der Waals surface area contributed by atoms with Crippen molar-refractivity contribution in [3.8, 4) is 5.75 Å². The number of carbonyl (C=O) groups is 3. The Morgan fingerprint density at radius 3 is 2.57 bits per heavy atom. The molecule has 0 spiro atoms. The summed E-state index contributed by atoms with van der Waals surface area (Å²) in [6.45, 7) is -0.0590. The summed E-state index contributed by atoms with van der Waals surface area (Å²) >= 11 is 13.5. The lowest BCUT2D eigenvalue weighted by molar-refractivity contribution is -0.127. The molecule has 4 rings (SSSR count). The number of ether oxygens (including phenoxy) is 1. The maximum Gasteiger partial charge on any atom is 0.294 e. The van der Waals surface area contributed by atoms with Crippen molar-refractivity contribution < 1.29 is 19.1 Å². The first kappa shape index (κ1) is 25.5. The minimum atomic E-state index is -0.544. The molecule has 0 saturated carbocycles. The molecule has 0 unspecified atom stereocenters. The Hall–Kier alpha value is -2.59. The van der Waals surface area contributed by atoms with Gasteiger partial charge in [-0.25, -0.2) is 0 Å². The Kier molecular flexibility index (Phi) is 8.33. The van der Waals surface area contributed by atoms with Gasteiger partial charge in [0.25, 0.3) is 11.1 Å². The highest BCUT2D eigenvalue weighted by molar-refractivity contribution is 9.10. The zero-order chi connectivity index (χ0) is 24.9. The molecule has 1 saturated heterocycles. The van der Waals surface area contributed by atoms with E-state index < -0.39 is 23.6 Å². The van der Waals surface area contributed by atoms with Crippen molar-refractivity contribution in [3.63, 3.8) is 0 Å². The number of nitrogens with one attached hydrogen (secondary N) is 1. The van der Waals surface area contributed by atoms with Crippen LogP contribution in [0, 0.1) is 0 Å². The second-order valence-corrected chi connectivity index (χ2v) is 10.6. The predicted octanol–water partition coefficient (Wildman–Crippen LogP) is 7.12. The van der Waals surface area contributed by atoms with Crippen LogP contribution in [0.5, 0.6) is 5.75 Å². The number of thioether (sulfide) groups is 1. The number of rotatable bonds is 7. The van der Waals surface area contributed by atoms with Gasteiger partial charge in [-0.15, -0.1) is 0 Å². The highest BCUT2D eigenvalue weighted by Crippen LogP contribution is 2.35. The third-order valence-corrected chi connectivity index (χ3v) is 7.51. The number of hydrogen-bond donors (Lipinski definition) is 1. The highest BCUT2D eigenvalue weighted by Gasteiger charge is 2.36. The lowest BCUT2D eigenvalue weighted by atomic mass is 10.1. The van der Waals surface area contributed by atoms with E-state index >= 15 is 0 Å². The number of carbonyl (C=O) groups excluding carboxylic acids is 3. The predicted molar refractivity (Wildman–Crippen MR) is 145 cm³/mol. The van der Waals surface area contributed by atoms with E-state index in [1.54, 1.807) is 36.4 Å². The summed E-state index contributed by atoms with van der Waals surface area (Å²) < 4.78 is 7.45. The standard InChI is InChI=1S/C25H17Br2ClN2O4S/c26-17-6-9-21(34-14-15-4-2-1-3-5-15)16(10-17)11-22-24(32)30(25(33)35-22)13-23(31)29-18-7-8-19(27)20(28)12-18/h1-12H,13-14H2,(H,29,31)/b22-11-.